The van der Waals surface area contributed by atoms with E-state index in [-0.39, 0.29) is 7.14 Å². The lowest BCUT2D eigenvalue weighted by Gasteiger charge is -2.03. The van der Waals surface area contributed by atoms with Gasteiger partial charge in [0.1, 0.15) is 11.6 Å². The van der Waals surface area contributed by atoms with Crippen LogP contribution in [0, 0.1) is 50.8 Å². The Bertz CT molecular complexity index is 866. The van der Waals surface area contributed by atoms with Gasteiger partial charge in [-0.15, -0.1) is 0 Å². The molecule has 2 aliphatic carbocycles. The highest BCUT2D eigenvalue weighted by Crippen LogP contribution is 2.09. The summed E-state index contributed by atoms with van der Waals surface area (Å²) >= 11 is 3.08. The van der Waals surface area contributed by atoms with Crippen LogP contribution in [0.25, 0.3) is 0 Å². The Morgan fingerprint density at radius 3 is 1.17 bits per heavy atom. The van der Waals surface area contributed by atoms with E-state index < -0.39 is 43.5 Å². The van der Waals surface area contributed by atoms with Gasteiger partial charge in [0.15, 0.2) is 0 Å². The Morgan fingerprint density at radius 2 is 0.889 bits per heavy atom. The van der Waals surface area contributed by atoms with Crippen molar-refractivity contribution < 1.29 is 8.78 Å². The summed E-state index contributed by atoms with van der Waals surface area (Å²) in [5.74, 6) is -1.83. The molecule has 92 valence electrons. The third-order valence-corrected chi connectivity index (χ3v) is 4.54. The van der Waals surface area contributed by atoms with Crippen LogP contribution in [0.15, 0.2) is 0 Å². The van der Waals surface area contributed by atoms with Gasteiger partial charge in [-0.25, -0.2) is 8.78 Å². The van der Waals surface area contributed by atoms with E-state index in [1.165, 1.54) is 45.2 Å². The van der Waals surface area contributed by atoms with Crippen LogP contribution in [0.2, 0.25) is 0 Å². The third kappa shape index (κ3) is 1.65. The lowest BCUT2D eigenvalue weighted by molar-refractivity contribution is 0.577. The normalized spacial score (nSPS) is 11.1. The second-order valence-corrected chi connectivity index (χ2v) is 5.66. The van der Waals surface area contributed by atoms with E-state index in [2.05, 4.69) is 0 Å². The van der Waals surface area contributed by atoms with Crippen LogP contribution in [0.1, 0.15) is 0 Å². The average Bonchev–Trinajstić information content (AvgIpc) is 2.35. The summed E-state index contributed by atoms with van der Waals surface area (Å²) in [6, 6.07) is 0. The Kier molecular flexibility index (Phi) is 3.34. The molecule has 0 heterocycles. The molecule has 0 atom stereocenters. The molecular formula is C10H4F2I2N4. The predicted molar refractivity (Wildman–Crippen MR) is 72.9 cm³/mol. The van der Waals surface area contributed by atoms with Gasteiger partial charge in [-0.1, -0.05) is 0 Å². The van der Waals surface area contributed by atoms with Crippen molar-refractivity contribution in [2.45, 2.75) is 0 Å². The van der Waals surface area contributed by atoms with Crippen LogP contribution in [0.5, 0.6) is 0 Å². The van der Waals surface area contributed by atoms with Gasteiger partial charge in [0.05, 0.1) is 39.0 Å². The SMILES string of the molecule is N=c1c(I)c(F)c2c(=N)c(=N)c(I)c(F)c=2c1=N. The highest BCUT2D eigenvalue weighted by molar-refractivity contribution is 14.1. The lowest BCUT2D eigenvalue weighted by atomic mass is 10.1. The van der Waals surface area contributed by atoms with E-state index in [4.69, 9.17) is 21.6 Å². The standard InChI is InChI=1S/C10H4F2I2N4/c11-3-1-2(8(16)10(18)5(3)13)4(12)6(14)9(17)7(1)15/h15-18H. The molecule has 4 N–H and O–H groups in total. The fraction of sp³-hybridized carbons (Fsp3) is 0. The Labute approximate surface area is 125 Å². The van der Waals surface area contributed by atoms with Gasteiger partial charge >= 0.3 is 0 Å². The summed E-state index contributed by atoms with van der Waals surface area (Å²) in [7, 11) is 0. The van der Waals surface area contributed by atoms with Gasteiger partial charge in [0.2, 0.25) is 0 Å². The molecule has 2 rings (SSSR count). The van der Waals surface area contributed by atoms with Crippen molar-refractivity contribution in [1.82, 2.24) is 0 Å². The van der Waals surface area contributed by atoms with Crippen LogP contribution >= 0.6 is 45.2 Å². The Balaban J connectivity index is 3.58. The third-order valence-electron chi connectivity index (χ3n) is 2.51. The van der Waals surface area contributed by atoms with Crippen LogP contribution < -0.4 is 21.4 Å². The van der Waals surface area contributed by atoms with Crippen molar-refractivity contribution in [1.29, 1.82) is 21.6 Å². The maximum atomic E-state index is 14.0. The fourth-order valence-corrected chi connectivity index (χ4v) is 2.68. The molecule has 0 spiro atoms. The van der Waals surface area contributed by atoms with Crippen LogP contribution in [0.4, 0.5) is 8.78 Å². The molecule has 0 aromatic heterocycles. The highest BCUT2D eigenvalue weighted by Gasteiger charge is 2.16. The average molecular weight is 472 g/mol. The van der Waals surface area contributed by atoms with Crippen molar-refractivity contribution in [3.8, 4) is 0 Å². The molecule has 0 saturated carbocycles. The first-order valence-corrected chi connectivity index (χ1v) is 6.66. The van der Waals surface area contributed by atoms with E-state index in [1.807, 2.05) is 0 Å². The van der Waals surface area contributed by atoms with Crippen LogP contribution in [-0.4, -0.2) is 0 Å². The minimum atomic E-state index is -0.916. The molecule has 8 heteroatoms. The second kappa shape index (κ2) is 4.40. The summed E-state index contributed by atoms with van der Waals surface area (Å²) < 4.78 is 27.7. The first-order chi connectivity index (χ1) is 8.29. The molecule has 18 heavy (non-hydrogen) atoms. The maximum absolute atomic E-state index is 14.0. The van der Waals surface area contributed by atoms with Crippen molar-refractivity contribution >= 4 is 45.2 Å². The van der Waals surface area contributed by atoms with Gasteiger partial charge in [0.25, 0.3) is 0 Å². The molecule has 0 radical (unpaired) electrons. The molecule has 0 aromatic rings. The summed E-state index contributed by atoms with van der Waals surface area (Å²) in [6.45, 7) is 0. The predicted octanol–water partition coefficient (Wildman–Crippen LogP) is 0.692. The quantitative estimate of drug-likeness (QED) is 0.407. The highest BCUT2D eigenvalue weighted by atomic mass is 127. The Morgan fingerprint density at radius 1 is 0.611 bits per heavy atom. The van der Waals surface area contributed by atoms with E-state index in [9.17, 15) is 8.78 Å². The minimum Gasteiger partial charge on any atom is -0.298 e. The number of hydrogen-bond donors (Lipinski definition) is 4. The van der Waals surface area contributed by atoms with Gasteiger partial charge in [0, 0.05) is 0 Å². The monoisotopic (exact) mass is 472 g/mol. The molecule has 0 aromatic carbocycles. The minimum absolute atomic E-state index is 0.140. The van der Waals surface area contributed by atoms with E-state index >= 15 is 0 Å². The molecule has 0 unspecified atom stereocenters. The smallest absolute Gasteiger partial charge is 0.148 e. The van der Waals surface area contributed by atoms with Crippen molar-refractivity contribution in [2.24, 2.45) is 0 Å². The lowest BCUT2D eigenvalue weighted by Crippen LogP contribution is -2.38. The molecule has 2 aliphatic rings. The van der Waals surface area contributed by atoms with Crippen molar-refractivity contribution in [3.05, 3.63) is 50.6 Å². The zero-order valence-corrected chi connectivity index (χ0v) is 12.8. The number of nitrogens with one attached hydrogen (secondary N) is 4. The van der Waals surface area contributed by atoms with E-state index in [0.29, 0.717) is 0 Å². The molecule has 0 amide bonds. The number of rotatable bonds is 0. The van der Waals surface area contributed by atoms with Crippen LogP contribution in [-0.2, 0) is 0 Å². The Hall–Kier alpha value is -0.780. The molecule has 4 nitrogen and oxygen atoms in total. The zero-order chi connectivity index (χ0) is 13.8. The largest absolute Gasteiger partial charge is 0.298 e. The van der Waals surface area contributed by atoms with Crippen molar-refractivity contribution in [3.63, 3.8) is 0 Å². The summed E-state index contributed by atoms with van der Waals surface area (Å²) in [4.78, 5) is 0. The summed E-state index contributed by atoms with van der Waals surface area (Å²) in [6.07, 6.45) is 0. The van der Waals surface area contributed by atoms with Crippen LogP contribution in [0.3, 0.4) is 0 Å². The van der Waals surface area contributed by atoms with E-state index in [1.54, 1.807) is 0 Å². The summed E-state index contributed by atoms with van der Waals surface area (Å²) in [5.41, 5.74) is 0. The molecule has 0 fully saturated rings. The number of halogens is 4. The number of hydrogen-bond acceptors (Lipinski definition) is 4. The first-order valence-electron chi connectivity index (χ1n) is 4.51. The zero-order valence-electron chi connectivity index (χ0n) is 8.51. The van der Waals surface area contributed by atoms with Gasteiger partial charge in [-0.05, 0) is 45.2 Å². The fourth-order valence-electron chi connectivity index (χ4n) is 1.60. The van der Waals surface area contributed by atoms with Gasteiger partial charge < -0.3 is 0 Å². The molecule has 0 bridgehead atoms. The molecule has 0 saturated heterocycles. The topological polar surface area (TPSA) is 95.4 Å². The van der Waals surface area contributed by atoms with Crippen molar-refractivity contribution in [2.75, 3.05) is 0 Å². The first kappa shape index (κ1) is 13.6. The summed E-state index contributed by atoms with van der Waals surface area (Å²) in [5, 5.41) is 27.9. The maximum Gasteiger partial charge on any atom is 0.148 e. The molecule has 0 aliphatic heterocycles. The molecular weight excluding hydrogens is 468 g/mol. The van der Waals surface area contributed by atoms with Gasteiger partial charge in [-0.3, -0.25) is 21.6 Å². The van der Waals surface area contributed by atoms with Gasteiger partial charge in [-0.2, -0.15) is 0 Å². The van der Waals surface area contributed by atoms with E-state index in [0.717, 1.165) is 0 Å². The second-order valence-electron chi connectivity index (χ2n) is 3.51.